The van der Waals surface area contributed by atoms with Crippen molar-refractivity contribution in [3.8, 4) is 0 Å². The second-order valence-electron chi connectivity index (χ2n) is 8.00. The quantitative estimate of drug-likeness (QED) is 0.448. The number of aliphatic carboxylic acids is 1. The van der Waals surface area contributed by atoms with Gasteiger partial charge in [-0.2, -0.15) is 0 Å². The lowest BCUT2D eigenvalue weighted by Crippen LogP contribution is -2.45. The summed E-state index contributed by atoms with van der Waals surface area (Å²) in [5, 5.41) is 14.2. The van der Waals surface area contributed by atoms with Crippen LogP contribution >= 0.6 is 11.3 Å². The highest BCUT2D eigenvalue weighted by molar-refractivity contribution is 7.09. The molecule has 2 N–H and O–H groups in total. The van der Waals surface area contributed by atoms with Crippen LogP contribution in [-0.2, 0) is 11.2 Å². The van der Waals surface area contributed by atoms with Crippen molar-refractivity contribution < 1.29 is 14.7 Å². The van der Waals surface area contributed by atoms with Crippen LogP contribution in [0.2, 0.25) is 0 Å². The Hall–Kier alpha value is -2.67. The minimum absolute atomic E-state index is 0.156. The van der Waals surface area contributed by atoms with Crippen molar-refractivity contribution in [3.63, 3.8) is 0 Å². The van der Waals surface area contributed by atoms with Crippen LogP contribution in [0.15, 0.2) is 35.7 Å². The van der Waals surface area contributed by atoms with Gasteiger partial charge < -0.3 is 15.0 Å². The van der Waals surface area contributed by atoms with Crippen LogP contribution in [-0.4, -0.2) is 32.6 Å². The number of hydrogen-bond acceptors (Lipinski definition) is 4. The highest BCUT2D eigenvalue weighted by atomic mass is 32.1. The maximum Gasteiger partial charge on any atom is 0.326 e. The zero-order valence-electron chi connectivity index (χ0n) is 18.6. The van der Waals surface area contributed by atoms with Gasteiger partial charge in [0.25, 0.3) is 5.91 Å². The molecule has 0 fully saturated rings. The van der Waals surface area contributed by atoms with Crippen molar-refractivity contribution in [1.29, 1.82) is 0 Å². The Morgan fingerprint density at radius 3 is 2.48 bits per heavy atom. The fourth-order valence-electron chi connectivity index (χ4n) is 3.95. The first kappa shape index (κ1) is 23.0. The number of carbonyl (C=O) groups is 2. The minimum atomic E-state index is -1.01. The van der Waals surface area contributed by atoms with Crippen molar-refractivity contribution in [1.82, 2.24) is 14.9 Å². The van der Waals surface area contributed by atoms with E-state index in [9.17, 15) is 14.7 Å². The third-order valence-corrected chi connectivity index (χ3v) is 6.89. The van der Waals surface area contributed by atoms with E-state index in [1.54, 1.807) is 23.5 Å². The van der Waals surface area contributed by atoms with E-state index < -0.39 is 12.0 Å². The monoisotopic (exact) mass is 441 g/mol. The molecule has 0 saturated carbocycles. The van der Waals surface area contributed by atoms with Gasteiger partial charge in [0.15, 0.2) is 0 Å². The van der Waals surface area contributed by atoms with E-state index in [0.717, 1.165) is 36.1 Å². The highest BCUT2D eigenvalue weighted by Crippen LogP contribution is 2.28. The lowest BCUT2D eigenvalue weighted by Gasteiger charge is -2.20. The molecule has 0 unspecified atom stereocenters. The Labute approximate surface area is 187 Å². The Morgan fingerprint density at radius 1 is 1.16 bits per heavy atom. The number of hydrogen-bond donors (Lipinski definition) is 2. The summed E-state index contributed by atoms with van der Waals surface area (Å²) in [6, 6.07) is 9.06. The molecule has 3 rings (SSSR count). The fraction of sp³-hybridized carbons (Fsp3) is 0.458. The third-order valence-electron chi connectivity index (χ3n) is 6.01. The van der Waals surface area contributed by atoms with Crippen molar-refractivity contribution in [2.24, 2.45) is 5.92 Å². The van der Waals surface area contributed by atoms with E-state index in [1.165, 1.54) is 4.88 Å². The number of carbonyl (C=O) groups excluding carboxylic acids is 1. The van der Waals surface area contributed by atoms with Gasteiger partial charge in [-0.3, -0.25) is 4.79 Å². The predicted octanol–water partition coefficient (Wildman–Crippen LogP) is 5.28. The summed E-state index contributed by atoms with van der Waals surface area (Å²) in [6.07, 6.45) is 3.41. The molecule has 31 heavy (non-hydrogen) atoms. The SMILES string of the molecule is CCC(CC)n1c(Cc2cccs2)nc2cc(C(=O)N[C@H](C(=O)O)[C@H](C)CC)ccc21. The van der Waals surface area contributed by atoms with Gasteiger partial charge in [-0.15, -0.1) is 11.3 Å². The van der Waals surface area contributed by atoms with Gasteiger partial charge in [-0.25, -0.2) is 9.78 Å². The molecule has 0 saturated heterocycles. The van der Waals surface area contributed by atoms with Gasteiger partial charge in [-0.1, -0.05) is 40.2 Å². The van der Waals surface area contributed by atoms with Gasteiger partial charge in [0.05, 0.1) is 11.0 Å². The van der Waals surface area contributed by atoms with Gasteiger partial charge in [-0.05, 0) is 48.4 Å². The number of amides is 1. The van der Waals surface area contributed by atoms with Crippen LogP contribution in [0.4, 0.5) is 0 Å². The largest absolute Gasteiger partial charge is 0.480 e. The van der Waals surface area contributed by atoms with Crippen LogP contribution in [0.3, 0.4) is 0 Å². The van der Waals surface area contributed by atoms with E-state index in [0.29, 0.717) is 18.0 Å². The first-order valence-electron chi connectivity index (χ1n) is 11.0. The summed E-state index contributed by atoms with van der Waals surface area (Å²) in [6.45, 7) is 8.10. The van der Waals surface area contributed by atoms with E-state index >= 15 is 0 Å². The molecular weight excluding hydrogens is 410 g/mol. The second kappa shape index (κ2) is 10.1. The zero-order chi connectivity index (χ0) is 22.5. The number of rotatable bonds is 10. The molecule has 2 atom stereocenters. The van der Waals surface area contributed by atoms with Crippen LogP contribution < -0.4 is 5.32 Å². The van der Waals surface area contributed by atoms with Crippen molar-refractivity contribution in [3.05, 3.63) is 52.0 Å². The molecule has 0 aliphatic carbocycles. The van der Waals surface area contributed by atoms with E-state index in [1.807, 2.05) is 26.0 Å². The number of carboxylic acids is 1. The number of carboxylic acid groups (broad SMARTS) is 1. The number of thiophene rings is 1. The predicted molar refractivity (Wildman–Crippen MR) is 125 cm³/mol. The summed E-state index contributed by atoms with van der Waals surface area (Å²) in [7, 11) is 0. The van der Waals surface area contributed by atoms with Crippen molar-refractivity contribution in [2.45, 2.75) is 65.5 Å². The standard InChI is InChI=1S/C24H31N3O3S/c1-5-15(4)22(24(29)30)26-23(28)16-10-11-20-19(13-16)25-21(14-18-9-8-12-31-18)27(20)17(6-2)7-3/h8-13,15,17,22H,5-7,14H2,1-4H3,(H,26,28)(H,29,30)/t15-,22+/m1/s1. The van der Waals surface area contributed by atoms with Crippen molar-refractivity contribution >= 4 is 34.2 Å². The molecule has 0 radical (unpaired) electrons. The summed E-state index contributed by atoms with van der Waals surface area (Å²) in [5.74, 6) is -0.560. The molecule has 0 spiro atoms. The summed E-state index contributed by atoms with van der Waals surface area (Å²) in [5.41, 5.74) is 2.20. The molecule has 7 heteroatoms. The summed E-state index contributed by atoms with van der Waals surface area (Å²) < 4.78 is 2.30. The van der Waals surface area contributed by atoms with Gasteiger partial charge in [0.2, 0.25) is 0 Å². The van der Waals surface area contributed by atoms with E-state index in [2.05, 4.69) is 35.2 Å². The molecule has 0 aliphatic heterocycles. The van der Waals surface area contributed by atoms with Crippen LogP contribution in [0, 0.1) is 5.92 Å². The Bertz CT molecular complexity index is 1040. The van der Waals surface area contributed by atoms with Gasteiger partial charge >= 0.3 is 5.97 Å². The smallest absolute Gasteiger partial charge is 0.326 e. The van der Waals surface area contributed by atoms with Crippen LogP contribution in [0.5, 0.6) is 0 Å². The molecule has 2 heterocycles. The number of fused-ring (bicyclic) bond motifs is 1. The molecule has 0 aliphatic rings. The van der Waals surface area contributed by atoms with Crippen LogP contribution in [0.1, 0.15) is 74.1 Å². The van der Waals surface area contributed by atoms with E-state index in [4.69, 9.17) is 4.98 Å². The normalized spacial score (nSPS) is 13.5. The lowest BCUT2D eigenvalue weighted by atomic mass is 9.99. The fourth-order valence-corrected chi connectivity index (χ4v) is 4.65. The minimum Gasteiger partial charge on any atom is -0.480 e. The number of aromatic nitrogens is 2. The summed E-state index contributed by atoms with van der Waals surface area (Å²) >= 11 is 1.71. The molecular formula is C24H31N3O3S. The van der Waals surface area contributed by atoms with Crippen LogP contribution in [0.25, 0.3) is 11.0 Å². The molecule has 1 amide bonds. The number of nitrogens with zero attached hydrogens (tertiary/aromatic N) is 2. The first-order valence-corrected chi connectivity index (χ1v) is 11.8. The van der Waals surface area contributed by atoms with Gasteiger partial charge in [0.1, 0.15) is 11.9 Å². The Kier molecular flexibility index (Phi) is 7.49. The van der Waals surface area contributed by atoms with Crippen molar-refractivity contribution in [2.75, 3.05) is 0 Å². The molecule has 3 aromatic rings. The topological polar surface area (TPSA) is 84.2 Å². The second-order valence-corrected chi connectivity index (χ2v) is 9.04. The Balaban J connectivity index is 1.98. The average Bonchev–Trinajstić information content (AvgIpc) is 3.40. The molecule has 0 bridgehead atoms. The molecule has 6 nitrogen and oxygen atoms in total. The maximum atomic E-state index is 12.8. The third kappa shape index (κ3) is 4.98. The lowest BCUT2D eigenvalue weighted by molar-refractivity contribution is -0.140. The summed E-state index contributed by atoms with van der Waals surface area (Å²) in [4.78, 5) is 30.5. The number of benzene rings is 1. The molecule has 166 valence electrons. The first-order chi connectivity index (χ1) is 14.9. The zero-order valence-corrected chi connectivity index (χ0v) is 19.4. The Morgan fingerprint density at radius 2 is 1.90 bits per heavy atom. The molecule has 2 aromatic heterocycles. The number of imidazole rings is 1. The van der Waals surface area contributed by atoms with E-state index in [-0.39, 0.29) is 11.8 Å². The van der Waals surface area contributed by atoms with Gasteiger partial charge in [0, 0.05) is 22.9 Å². The maximum absolute atomic E-state index is 12.8. The number of nitrogens with one attached hydrogen (secondary N) is 1. The highest BCUT2D eigenvalue weighted by Gasteiger charge is 2.26. The molecule has 1 aromatic carbocycles. The average molecular weight is 442 g/mol.